The molecule has 1 saturated carbocycles. The molecule has 0 aromatic heterocycles. The van der Waals surface area contributed by atoms with E-state index in [-0.39, 0.29) is 5.54 Å². The molecular weight excluding hydrogens is 234 g/mol. The van der Waals surface area contributed by atoms with Gasteiger partial charge >= 0.3 is 0 Å². The van der Waals surface area contributed by atoms with E-state index in [1.54, 1.807) is 7.11 Å². The van der Waals surface area contributed by atoms with Crippen LogP contribution in [-0.2, 0) is 6.54 Å². The van der Waals surface area contributed by atoms with Crippen molar-refractivity contribution in [2.75, 3.05) is 7.11 Å². The Kier molecular flexibility index (Phi) is 3.95. The molecule has 0 radical (unpaired) electrons. The summed E-state index contributed by atoms with van der Waals surface area (Å²) in [5.74, 6) is 0.906. The molecule has 0 heterocycles. The molecular formula is C14H20ClNO. The van der Waals surface area contributed by atoms with E-state index in [4.69, 9.17) is 16.3 Å². The molecule has 94 valence electrons. The van der Waals surface area contributed by atoms with Crippen LogP contribution in [0.2, 0.25) is 5.02 Å². The zero-order valence-electron chi connectivity index (χ0n) is 10.6. The number of methoxy groups -OCH3 is 1. The molecule has 0 saturated heterocycles. The second-order valence-electron chi connectivity index (χ2n) is 5.08. The van der Waals surface area contributed by atoms with Crippen molar-refractivity contribution in [2.24, 2.45) is 0 Å². The summed E-state index contributed by atoms with van der Waals surface area (Å²) < 4.78 is 5.35. The van der Waals surface area contributed by atoms with Crippen LogP contribution in [0, 0.1) is 0 Å². The topological polar surface area (TPSA) is 21.3 Å². The molecule has 3 heteroatoms. The van der Waals surface area contributed by atoms with Crippen LogP contribution in [-0.4, -0.2) is 12.6 Å². The minimum Gasteiger partial charge on any atom is -0.496 e. The first-order chi connectivity index (χ1) is 8.13. The van der Waals surface area contributed by atoms with Gasteiger partial charge in [0.2, 0.25) is 0 Å². The number of hydrogen-bond donors (Lipinski definition) is 1. The van der Waals surface area contributed by atoms with Crippen LogP contribution >= 0.6 is 11.6 Å². The van der Waals surface area contributed by atoms with Gasteiger partial charge in [-0.1, -0.05) is 24.4 Å². The van der Waals surface area contributed by atoms with Gasteiger partial charge in [0.05, 0.1) is 7.11 Å². The van der Waals surface area contributed by atoms with Gasteiger partial charge in [-0.25, -0.2) is 0 Å². The van der Waals surface area contributed by atoms with Crippen molar-refractivity contribution < 1.29 is 4.74 Å². The largest absolute Gasteiger partial charge is 0.496 e. The van der Waals surface area contributed by atoms with Gasteiger partial charge in [0.25, 0.3) is 0 Å². The first-order valence-corrected chi connectivity index (χ1v) is 6.58. The van der Waals surface area contributed by atoms with E-state index in [1.165, 1.54) is 25.7 Å². The smallest absolute Gasteiger partial charge is 0.123 e. The van der Waals surface area contributed by atoms with Crippen molar-refractivity contribution in [3.8, 4) is 5.75 Å². The van der Waals surface area contributed by atoms with Crippen LogP contribution in [0.4, 0.5) is 0 Å². The fraction of sp³-hybridized carbons (Fsp3) is 0.571. The lowest BCUT2D eigenvalue weighted by Crippen LogP contribution is -2.38. The van der Waals surface area contributed by atoms with Gasteiger partial charge in [-0.3, -0.25) is 0 Å². The maximum atomic E-state index is 6.02. The highest BCUT2D eigenvalue weighted by molar-refractivity contribution is 6.30. The van der Waals surface area contributed by atoms with Crippen LogP contribution in [0.1, 0.15) is 38.2 Å². The van der Waals surface area contributed by atoms with E-state index in [0.29, 0.717) is 0 Å². The van der Waals surface area contributed by atoms with E-state index >= 15 is 0 Å². The van der Waals surface area contributed by atoms with E-state index in [1.807, 2.05) is 18.2 Å². The maximum absolute atomic E-state index is 6.02. The van der Waals surface area contributed by atoms with Crippen molar-refractivity contribution in [1.29, 1.82) is 0 Å². The average Bonchev–Trinajstić information content (AvgIpc) is 2.74. The summed E-state index contributed by atoms with van der Waals surface area (Å²) >= 11 is 6.02. The molecule has 0 spiro atoms. The van der Waals surface area contributed by atoms with Crippen molar-refractivity contribution >= 4 is 11.6 Å². The molecule has 1 N–H and O–H groups in total. The Bertz CT molecular complexity index is 386. The fourth-order valence-electron chi connectivity index (χ4n) is 2.53. The lowest BCUT2D eigenvalue weighted by molar-refractivity contribution is 0.354. The summed E-state index contributed by atoms with van der Waals surface area (Å²) in [5.41, 5.74) is 1.42. The summed E-state index contributed by atoms with van der Waals surface area (Å²) in [5, 5.41) is 4.40. The molecule has 0 bridgehead atoms. The molecule has 0 unspecified atom stereocenters. The molecule has 17 heavy (non-hydrogen) atoms. The van der Waals surface area contributed by atoms with Crippen molar-refractivity contribution in [2.45, 2.75) is 44.7 Å². The van der Waals surface area contributed by atoms with Gasteiger partial charge < -0.3 is 10.1 Å². The average molecular weight is 254 g/mol. The normalized spacial score (nSPS) is 18.3. The van der Waals surface area contributed by atoms with Crippen molar-refractivity contribution in [3.63, 3.8) is 0 Å². The Labute approximate surface area is 108 Å². The lowest BCUT2D eigenvalue weighted by Gasteiger charge is -2.26. The molecule has 2 rings (SSSR count). The van der Waals surface area contributed by atoms with Gasteiger partial charge in [0.1, 0.15) is 5.75 Å². The minimum atomic E-state index is 0.285. The molecule has 0 amide bonds. The molecule has 1 aliphatic carbocycles. The van der Waals surface area contributed by atoms with Gasteiger partial charge in [-0.15, -0.1) is 0 Å². The Balaban J connectivity index is 2.05. The second kappa shape index (κ2) is 5.28. The summed E-state index contributed by atoms with van der Waals surface area (Å²) in [6.07, 6.45) is 5.18. The zero-order chi connectivity index (χ0) is 12.3. The van der Waals surface area contributed by atoms with Crippen molar-refractivity contribution in [1.82, 2.24) is 5.32 Å². The third-order valence-corrected chi connectivity index (χ3v) is 3.89. The summed E-state index contributed by atoms with van der Waals surface area (Å²) in [4.78, 5) is 0. The molecule has 2 nitrogen and oxygen atoms in total. The highest BCUT2D eigenvalue weighted by atomic mass is 35.5. The maximum Gasteiger partial charge on any atom is 0.123 e. The number of benzene rings is 1. The third-order valence-electron chi connectivity index (χ3n) is 3.66. The van der Waals surface area contributed by atoms with Crippen LogP contribution in [0.5, 0.6) is 5.75 Å². The first-order valence-electron chi connectivity index (χ1n) is 6.20. The number of nitrogens with one attached hydrogen (secondary N) is 1. The summed E-state index contributed by atoms with van der Waals surface area (Å²) in [6, 6.07) is 5.77. The summed E-state index contributed by atoms with van der Waals surface area (Å²) in [7, 11) is 1.70. The zero-order valence-corrected chi connectivity index (χ0v) is 11.3. The number of hydrogen-bond acceptors (Lipinski definition) is 2. The Morgan fingerprint density at radius 3 is 2.71 bits per heavy atom. The first kappa shape index (κ1) is 12.7. The quantitative estimate of drug-likeness (QED) is 0.882. The SMILES string of the molecule is COc1ccc(Cl)cc1CNC1(C)CCCC1. The molecule has 0 atom stereocenters. The fourth-order valence-corrected chi connectivity index (χ4v) is 2.72. The highest BCUT2D eigenvalue weighted by Crippen LogP contribution is 2.30. The van der Waals surface area contributed by atoms with Gasteiger partial charge in [0, 0.05) is 22.7 Å². The standard InChI is InChI=1S/C14H20ClNO/c1-14(7-3-4-8-14)16-10-11-9-12(15)5-6-13(11)17-2/h5-6,9,16H,3-4,7-8,10H2,1-2H3. The third kappa shape index (κ3) is 3.14. The molecule has 1 aliphatic rings. The highest BCUT2D eigenvalue weighted by Gasteiger charge is 2.27. The van der Waals surface area contributed by atoms with Crippen LogP contribution in [0.15, 0.2) is 18.2 Å². The summed E-state index contributed by atoms with van der Waals surface area (Å²) in [6.45, 7) is 3.12. The molecule has 0 aliphatic heterocycles. The molecule has 1 aromatic carbocycles. The van der Waals surface area contributed by atoms with Gasteiger partial charge in [-0.05, 0) is 38.0 Å². The van der Waals surface area contributed by atoms with Gasteiger partial charge in [0.15, 0.2) is 0 Å². The Hall–Kier alpha value is -0.730. The molecule has 1 aromatic rings. The van der Waals surface area contributed by atoms with E-state index < -0.39 is 0 Å². The van der Waals surface area contributed by atoms with Crippen molar-refractivity contribution in [3.05, 3.63) is 28.8 Å². The molecule has 1 fully saturated rings. The van der Waals surface area contributed by atoms with Crippen LogP contribution in [0.25, 0.3) is 0 Å². The minimum absolute atomic E-state index is 0.285. The lowest BCUT2D eigenvalue weighted by atomic mass is 10.0. The second-order valence-corrected chi connectivity index (χ2v) is 5.51. The van der Waals surface area contributed by atoms with Crippen LogP contribution < -0.4 is 10.1 Å². The number of halogens is 1. The van der Waals surface area contributed by atoms with E-state index in [9.17, 15) is 0 Å². The van der Waals surface area contributed by atoms with E-state index in [2.05, 4.69) is 12.2 Å². The van der Waals surface area contributed by atoms with Crippen LogP contribution in [0.3, 0.4) is 0 Å². The Morgan fingerprint density at radius 1 is 1.35 bits per heavy atom. The number of rotatable bonds is 4. The number of ether oxygens (including phenoxy) is 1. The Morgan fingerprint density at radius 2 is 2.06 bits per heavy atom. The monoisotopic (exact) mass is 253 g/mol. The van der Waals surface area contributed by atoms with Gasteiger partial charge in [-0.2, -0.15) is 0 Å². The predicted octanol–water partition coefficient (Wildman–Crippen LogP) is 3.77. The van der Waals surface area contributed by atoms with E-state index in [0.717, 1.165) is 22.9 Å². The predicted molar refractivity (Wildman–Crippen MR) is 71.7 cm³/mol.